The Morgan fingerprint density at radius 2 is 1.26 bits per heavy atom. The topological polar surface area (TPSA) is 91.3 Å². The van der Waals surface area contributed by atoms with E-state index >= 15 is 0 Å². The molecule has 2 aromatic rings. The fourth-order valence-electron chi connectivity index (χ4n) is 3.82. The molecule has 0 unspecified atom stereocenters. The van der Waals surface area contributed by atoms with Gasteiger partial charge in [-0.15, -0.1) is 0 Å². The highest BCUT2D eigenvalue weighted by molar-refractivity contribution is 5.87. The first kappa shape index (κ1) is 31.6. The molecule has 0 fully saturated rings. The summed E-state index contributed by atoms with van der Waals surface area (Å²) in [5.74, 6) is 0.317. The molecule has 0 aliphatic rings. The van der Waals surface area contributed by atoms with E-state index in [1.54, 1.807) is 13.8 Å². The highest BCUT2D eigenvalue weighted by Gasteiger charge is 2.17. The van der Waals surface area contributed by atoms with E-state index in [1.807, 2.05) is 36.4 Å². The maximum atomic E-state index is 11.8. The quantitative estimate of drug-likeness (QED) is 0.141. The van der Waals surface area contributed by atoms with Crippen LogP contribution in [0.25, 0.3) is 11.1 Å². The zero-order chi connectivity index (χ0) is 28.6. The number of esters is 2. The number of hydrogen-bond donors (Lipinski definition) is 1. The van der Waals surface area contributed by atoms with Crippen LogP contribution in [-0.2, 0) is 31.9 Å². The summed E-state index contributed by atoms with van der Waals surface area (Å²) in [5, 5.41) is 9.17. The normalized spacial score (nSPS) is 10.6. The SMILES string of the molecule is C=C(C)C(=O)OCCOc1cc(CCCCC)cc(OCCOC(=O)C(=C)C)c1-c1ccc(CCCO)cc1. The third-order valence-corrected chi connectivity index (χ3v) is 5.91. The number of aliphatic hydroxyl groups is 1. The smallest absolute Gasteiger partial charge is 0.333 e. The van der Waals surface area contributed by atoms with Crippen LogP contribution >= 0.6 is 0 Å². The van der Waals surface area contributed by atoms with E-state index < -0.39 is 11.9 Å². The lowest BCUT2D eigenvalue weighted by Crippen LogP contribution is -2.14. The number of carbonyl (C=O) groups is 2. The third kappa shape index (κ3) is 11.0. The maximum Gasteiger partial charge on any atom is 0.333 e. The standard InChI is InChI=1S/C32H42O7/c1-6-7-8-10-26-21-28(36-17-19-38-31(34)23(2)3)30(27-14-12-25(13-15-27)11-9-16-33)29(22-26)37-18-20-39-32(35)24(4)5/h12-15,21-22,33H,2,4,6-11,16-20H2,1,3,5H3. The number of aliphatic hydroxyl groups excluding tert-OH is 1. The van der Waals surface area contributed by atoms with Gasteiger partial charge in [0, 0.05) is 17.8 Å². The minimum Gasteiger partial charge on any atom is -0.489 e. The molecule has 7 heteroatoms. The molecule has 0 saturated heterocycles. The van der Waals surface area contributed by atoms with Crippen molar-refractivity contribution in [2.45, 2.75) is 59.3 Å². The van der Waals surface area contributed by atoms with Gasteiger partial charge < -0.3 is 24.1 Å². The van der Waals surface area contributed by atoms with E-state index in [-0.39, 0.29) is 33.0 Å². The summed E-state index contributed by atoms with van der Waals surface area (Å²) in [6.07, 6.45) is 5.58. The molecule has 0 spiro atoms. The van der Waals surface area contributed by atoms with Gasteiger partial charge in [0.15, 0.2) is 0 Å². The molecular formula is C32H42O7. The van der Waals surface area contributed by atoms with Crippen LogP contribution in [0.3, 0.4) is 0 Å². The molecule has 0 aromatic heterocycles. The van der Waals surface area contributed by atoms with Gasteiger partial charge in [0.25, 0.3) is 0 Å². The number of benzene rings is 2. The van der Waals surface area contributed by atoms with Gasteiger partial charge >= 0.3 is 11.9 Å². The molecule has 0 radical (unpaired) electrons. The molecule has 0 bridgehead atoms. The fraction of sp³-hybridized carbons (Fsp3) is 0.438. The molecule has 0 aliphatic carbocycles. The number of carbonyl (C=O) groups excluding carboxylic acids is 2. The van der Waals surface area contributed by atoms with Crippen molar-refractivity contribution in [1.82, 2.24) is 0 Å². The van der Waals surface area contributed by atoms with E-state index in [2.05, 4.69) is 20.1 Å². The lowest BCUT2D eigenvalue weighted by Gasteiger charge is -2.19. The molecular weight excluding hydrogens is 496 g/mol. The van der Waals surface area contributed by atoms with Crippen molar-refractivity contribution in [2.24, 2.45) is 0 Å². The van der Waals surface area contributed by atoms with E-state index in [1.165, 1.54) is 0 Å². The third-order valence-electron chi connectivity index (χ3n) is 5.91. The highest BCUT2D eigenvalue weighted by atomic mass is 16.6. The highest BCUT2D eigenvalue weighted by Crippen LogP contribution is 2.40. The largest absolute Gasteiger partial charge is 0.489 e. The molecule has 39 heavy (non-hydrogen) atoms. The lowest BCUT2D eigenvalue weighted by atomic mass is 9.97. The van der Waals surface area contributed by atoms with Gasteiger partial charge in [0.05, 0.1) is 5.56 Å². The molecule has 0 heterocycles. The summed E-state index contributed by atoms with van der Waals surface area (Å²) < 4.78 is 22.8. The zero-order valence-corrected chi connectivity index (χ0v) is 23.6. The molecule has 7 nitrogen and oxygen atoms in total. The van der Waals surface area contributed by atoms with Gasteiger partial charge in [0.1, 0.15) is 37.9 Å². The molecule has 0 saturated carbocycles. The maximum absolute atomic E-state index is 11.8. The summed E-state index contributed by atoms with van der Waals surface area (Å²) in [6.45, 7) is 13.2. The van der Waals surface area contributed by atoms with Crippen LogP contribution in [0, 0.1) is 0 Å². The Bertz CT molecular complexity index is 1050. The second kappa shape index (κ2) is 17.1. The fourth-order valence-corrected chi connectivity index (χ4v) is 3.82. The predicted molar refractivity (Wildman–Crippen MR) is 153 cm³/mol. The van der Waals surface area contributed by atoms with E-state index in [4.69, 9.17) is 24.1 Å². The average molecular weight is 539 g/mol. The van der Waals surface area contributed by atoms with Crippen LogP contribution < -0.4 is 9.47 Å². The molecule has 0 atom stereocenters. The van der Waals surface area contributed by atoms with Crippen molar-refractivity contribution in [3.8, 4) is 22.6 Å². The van der Waals surface area contributed by atoms with Crippen LogP contribution in [0.1, 0.15) is 57.6 Å². The van der Waals surface area contributed by atoms with Crippen LogP contribution in [0.15, 0.2) is 60.7 Å². The Balaban J connectivity index is 2.38. The number of aryl methyl sites for hydroxylation is 2. The predicted octanol–water partition coefficient (Wildman–Crippen LogP) is 6.01. The van der Waals surface area contributed by atoms with E-state index in [9.17, 15) is 9.59 Å². The van der Waals surface area contributed by atoms with Crippen molar-refractivity contribution in [1.29, 1.82) is 0 Å². The second-order valence-electron chi connectivity index (χ2n) is 9.48. The number of unbranched alkanes of at least 4 members (excludes halogenated alkanes) is 2. The van der Waals surface area contributed by atoms with Crippen molar-refractivity contribution in [2.75, 3.05) is 33.0 Å². The van der Waals surface area contributed by atoms with Gasteiger partial charge in [-0.2, -0.15) is 0 Å². The van der Waals surface area contributed by atoms with Crippen molar-refractivity contribution in [3.63, 3.8) is 0 Å². The summed E-state index contributed by atoms with van der Waals surface area (Å²) in [7, 11) is 0. The molecule has 2 rings (SSSR count). The van der Waals surface area contributed by atoms with Crippen molar-refractivity contribution >= 4 is 11.9 Å². The first-order chi connectivity index (χ1) is 18.8. The molecule has 0 amide bonds. The Labute approximate surface area is 232 Å². The molecule has 1 N–H and O–H groups in total. The van der Waals surface area contributed by atoms with E-state index in [0.29, 0.717) is 29.1 Å². The monoisotopic (exact) mass is 538 g/mol. The molecule has 212 valence electrons. The van der Waals surface area contributed by atoms with Gasteiger partial charge in [0.2, 0.25) is 0 Å². The first-order valence-corrected chi connectivity index (χ1v) is 13.5. The van der Waals surface area contributed by atoms with Gasteiger partial charge in [-0.25, -0.2) is 9.59 Å². The van der Waals surface area contributed by atoms with Crippen LogP contribution in [0.4, 0.5) is 0 Å². The summed E-state index contributed by atoms with van der Waals surface area (Å²) >= 11 is 0. The number of ether oxygens (including phenoxy) is 4. The Kier molecular flexibility index (Phi) is 13.9. The summed E-state index contributed by atoms with van der Waals surface area (Å²) in [6, 6.07) is 12.1. The Hall–Kier alpha value is -3.58. The van der Waals surface area contributed by atoms with Gasteiger partial charge in [-0.1, -0.05) is 57.2 Å². The number of hydrogen-bond acceptors (Lipinski definition) is 7. The van der Waals surface area contributed by atoms with Gasteiger partial charge in [-0.05, 0) is 68.4 Å². The number of rotatable bonds is 18. The summed E-state index contributed by atoms with van der Waals surface area (Å²) in [4.78, 5) is 23.6. The zero-order valence-electron chi connectivity index (χ0n) is 23.6. The van der Waals surface area contributed by atoms with Crippen molar-refractivity contribution < 1.29 is 33.6 Å². The van der Waals surface area contributed by atoms with Crippen LogP contribution in [0.2, 0.25) is 0 Å². The minimum absolute atomic E-state index is 0.0817. The first-order valence-electron chi connectivity index (χ1n) is 13.5. The second-order valence-corrected chi connectivity index (χ2v) is 9.48. The average Bonchev–Trinajstić information content (AvgIpc) is 2.92. The summed E-state index contributed by atoms with van der Waals surface area (Å²) in [5.41, 5.74) is 4.50. The van der Waals surface area contributed by atoms with Crippen LogP contribution in [-0.4, -0.2) is 50.1 Å². The molecule has 2 aromatic carbocycles. The molecule has 0 aliphatic heterocycles. The van der Waals surface area contributed by atoms with Crippen LogP contribution in [0.5, 0.6) is 11.5 Å². The van der Waals surface area contributed by atoms with Crippen molar-refractivity contribution in [3.05, 3.63) is 71.8 Å². The van der Waals surface area contributed by atoms with Gasteiger partial charge in [-0.3, -0.25) is 0 Å². The Morgan fingerprint density at radius 3 is 1.72 bits per heavy atom. The lowest BCUT2D eigenvalue weighted by molar-refractivity contribution is -0.140. The Morgan fingerprint density at radius 1 is 0.744 bits per heavy atom. The minimum atomic E-state index is -0.459. The van der Waals surface area contributed by atoms with E-state index in [0.717, 1.165) is 54.4 Å².